The van der Waals surface area contributed by atoms with Crippen molar-refractivity contribution in [3.63, 3.8) is 0 Å². The standard InChI is InChI=1S/C28H38N2O4/c1-2-3-17-30(27(32)33)24-13-18-29(19-14-24)26(31)25(28(34)15-7-4-8-16-28)23-12-11-21-9-5-6-10-22(21)20-23/h5-6,9-12,20,24-25,34H,2-4,7-8,13-19H2,1H3,(H,32,33). The molecular weight excluding hydrogens is 428 g/mol. The normalized spacial score (nSPS) is 19.6. The van der Waals surface area contributed by atoms with Crippen molar-refractivity contribution in [1.29, 1.82) is 0 Å². The Balaban J connectivity index is 1.56. The summed E-state index contributed by atoms with van der Waals surface area (Å²) >= 11 is 0. The minimum absolute atomic E-state index is 0.0198. The number of carbonyl (C=O) groups excluding carboxylic acids is 1. The zero-order valence-electron chi connectivity index (χ0n) is 20.3. The second-order valence-corrected chi connectivity index (χ2v) is 10.1. The first-order chi connectivity index (χ1) is 16.4. The van der Waals surface area contributed by atoms with Gasteiger partial charge in [0, 0.05) is 25.7 Å². The average molecular weight is 467 g/mol. The van der Waals surface area contributed by atoms with Gasteiger partial charge in [-0.2, -0.15) is 0 Å². The van der Waals surface area contributed by atoms with E-state index in [4.69, 9.17) is 0 Å². The predicted molar refractivity (Wildman–Crippen MR) is 134 cm³/mol. The third kappa shape index (κ3) is 5.22. The molecule has 6 nitrogen and oxygen atoms in total. The van der Waals surface area contributed by atoms with E-state index in [-0.39, 0.29) is 11.9 Å². The molecule has 1 atom stereocenters. The van der Waals surface area contributed by atoms with E-state index in [2.05, 4.69) is 19.1 Å². The topological polar surface area (TPSA) is 81.1 Å². The molecule has 4 rings (SSSR count). The first-order valence-corrected chi connectivity index (χ1v) is 12.9. The highest BCUT2D eigenvalue weighted by atomic mass is 16.4. The molecule has 2 aromatic carbocycles. The Bertz CT molecular complexity index is 993. The predicted octanol–water partition coefficient (Wildman–Crippen LogP) is 5.39. The number of rotatable bonds is 7. The van der Waals surface area contributed by atoms with Gasteiger partial charge in [0.25, 0.3) is 0 Å². The van der Waals surface area contributed by atoms with Gasteiger partial charge >= 0.3 is 6.09 Å². The van der Waals surface area contributed by atoms with Gasteiger partial charge in [0.15, 0.2) is 0 Å². The van der Waals surface area contributed by atoms with E-state index in [0.29, 0.717) is 45.3 Å². The number of benzene rings is 2. The lowest BCUT2D eigenvalue weighted by atomic mass is 9.71. The van der Waals surface area contributed by atoms with Gasteiger partial charge in [-0.3, -0.25) is 4.79 Å². The summed E-state index contributed by atoms with van der Waals surface area (Å²) in [4.78, 5) is 29.2. The second-order valence-electron chi connectivity index (χ2n) is 10.1. The Morgan fingerprint density at radius 1 is 1.06 bits per heavy atom. The van der Waals surface area contributed by atoms with Crippen molar-refractivity contribution in [2.75, 3.05) is 19.6 Å². The third-order valence-corrected chi connectivity index (χ3v) is 7.83. The molecule has 1 unspecified atom stereocenters. The number of carboxylic acid groups (broad SMARTS) is 1. The van der Waals surface area contributed by atoms with E-state index in [0.717, 1.165) is 48.4 Å². The Kier molecular flexibility index (Phi) is 7.77. The van der Waals surface area contributed by atoms with Crippen LogP contribution >= 0.6 is 0 Å². The van der Waals surface area contributed by atoms with Crippen LogP contribution in [0.2, 0.25) is 0 Å². The van der Waals surface area contributed by atoms with Crippen LogP contribution in [0.3, 0.4) is 0 Å². The molecule has 2 fully saturated rings. The van der Waals surface area contributed by atoms with Gasteiger partial charge in [0.1, 0.15) is 0 Å². The maximum absolute atomic E-state index is 14.0. The fraction of sp³-hybridized carbons (Fsp3) is 0.571. The molecule has 184 valence electrons. The smallest absolute Gasteiger partial charge is 0.407 e. The Labute approximate surface area is 202 Å². The molecule has 1 saturated heterocycles. The Morgan fingerprint density at radius 3 is 2.38 bits per heavy atom. The summed E-state index contributed by atoms with van der Waals surface area (Å²) in [6.07, 6.45) is 6.44. The van der Waals surface area contributed by atoms with E-state index in [9.17, 15) is 19.8 Å². The van der Waals surface area contributed by atoms with E-state index in [1.54, 1.807) is 4.90 Å². The third-order valence-electron chi connectivity index (χ3n) is 7.83. The van der Waals surface area contributed by atoms with E-state index >= 15 is 0 Å². The summed E-state index contributed by atoms with van der Waals surface area (Å²) in [7, 11) is 0. The fourth-order valence-electron chi connectivity index (χ4n) is 5.87. The van der Waals surface area contributed by atoms with Gasteiger partial charge in [-0.05, 0) is 48.4 Å². The van der Waals surface area contributed by atoms with Crippen molar-refractivity contribution >= 4 is 22.8 Å². The lowest BCUT2D eigenvalue weighted by molar-refractivity contribution is -0.143. The number of unbranched alkanes of at least 4 members (excludes halogenated alkanes) is 1. The van der Waals surface area contributed by atoms with Crippen LogP contribution in [-0.4, -0.2) is 63.3 Å². The number of likely N-dealkylation sites (tertiary alicyclic amines) is 1. The molecule has 1 saturated carbocycles. The molecule has 0 bridgehead atoms. The number of carbonyl (C=O) groups is 2. The summed E-state index contributed by atoms with van der Waals surface area (Å²) in [5.74, 6) is -0.613. The van der Waals surface area contributed by atoms with Crippen LogP contribution in [0.1, 0.15) is 76.2 Å². The van der Waals surface area contributed by atoms with Crippen molar-refractivity contribution in [1.82, 2.24) is 9.80 Å². The highest BCUT2D eigenvalue weighted by molar-refractivity contribution is 5.89. The molecule has 6 heteroatoms. The number of fused-ring (bicyclic) bond motifs is 1. The highest BCUT2D eigenvalue weighted by Gasteiger charge is 2.45. The summed E-state index contributed by atoms with van der Waals surface area (Å²) < 4.78 is 0. The molecule has 0 aromatic heterocycles. The SMILES string of the molecule is CCCCN(C(=O)O)C1CCN(C(=O)C(c2ccc3ccccc3c2)C2(O)CCCCC2)CC1. The van der Waals surface area contributed by atoms with Crippen LogP contribution in [-0.2, 0) is 4.79 Å². The summed E-state index contributed by atoms with van der Waals surface area (Å²) in [6, 6.07) is 14.2. The van der Waals surface area contributed by atoms with Crippen LogP contribution in [0, 0.1) is 0 Å². The molecular formula is C28H38N2O4. The largest absolute Gasteiger partial charge is 0.465 e. The number of aliphatic hydroxyl groups is 1. The van der Waals surface area contributed by atoms with Gasteiger partial charge in [-0.25, -0.2) is 4.79 Å². The Morgan fingerprint density at radius 2 is 1.74 bits per heavy atom. The average Bonchev–Trinajstić information content (AvgIpc) is 2.85. The van der Waals surface area contributed by atoms with Crippen molar-refractivity contribution in [3.05, 3.63) is 48.0 Å². The van der Waals surface area contributed by atoms with Gasteiger partial charge < -0.3 is 20.0 Å². The van der Waals surface area contributed by atoms with Crippen LogP contribution in [0.15, 0.2) is 42.5 Å². The lowest BCUT2D eigenvalue weighted by Crippen LogP contribution is -2.53. The van der Waals surface area contributed by atoms with Crippen LogP contribution in [0.5, 0.6) is 0 Å². The molecule has 1 heterocycles. The first-order valence-electron chi connectivity index (χ1n) is 12.9. The molecule has 1 aliphatic heterocycles. The summed E-state index contributed by atoms with van der Waals surface area (Å²) in [5.41, 5.74) is -0.159. The lowest BCUT2D eigenvalue weighted by Gasteiger charge is -2.43. The zero-order chi connectivity index (χ0) is 24.1. The number of amides is 2. The molecule has 2 N–H and O–H groups in total. The van der Waals surface area contributed by atoms with Crippen molar-refractivity contribution < 1.29 is 19.8 Å². The van der Waals surface area contributed by atoms with Crippen LogP contribution < -0.4 is 0 Å². The molecule has 34 heavy (non-hydrogen) atoms. The van der Waals surface area contributed by atoms with E-state index in [1.165, 1.54) is 0 Å². The van der Waals surface area contributed by atoms with Gasteiger partial charge in [-0.1, -0.05) is 75.1 Å². The quantitative estimate of drug-likeness (QED) is 0.573. The molecule has 0 radical (unpaired) electrons. The molecule has 0 spiro atoms. The number of piperidine rings is 1. The van der Waals surface area contributed by atoms with Crippen molar-refractivity contribution in [3.8, 4) is 0 Å². The summed E-state index contributed by atoms with van der Waals surface area (Å²) in [6.45, 7) is 3.66. The summed E-state index contributed by atoms with van der Waals surface area (Å²) in [5, 5.41) is 23.6. The maximum atomic E-state index is 14.0. The van der Waals surface area contributed by atoms with Crippen molar-refractivity contribution in [2.24, 2.45) is 0 Å². The monoisotopic (exact) mass is 466 g/mol. The van der Waals surface area contributed by atoms with Gasteiger partial charge in [0.05, 0.1) is 11.5 Å². The molecule has 2 aromatic rings. The maximum Gasteiger partial charge on any atom is 0.407 e. The van der Waals surface area contributed by atoms with Crippen molar-refractivity contribution in [2.45, 2.75) is 82.3 Å². The molecule has 1 aliphatic carbocycles. The van der Waals surface area contributed by atoms with Crippen LogP contribution in [0.4, 0.5) is 4.79 Å². The van der Waals surface area contributed by atoms with Gasteiger partial charge in [-0.15, -0.1) is 0 Å². The van der Waals surface area contributed by atoms with E-state index in [1.807, 2.05) is 35.2 Å². The number of hydrogen-bond donors (Lipinski definition) is 2. The molecule has 2 aliphatic rings. The highest BCUT2D eigenvalue weighted by Crippen LogP contribution is 2.42. The minimum atomic E-state index is -1.04. The molecule has 2 amide bonds. The van der Waals surface area contributed by atoms with Crippen LogP contribution in [0.25, 0.3) is 10.8 Å². The Hall–Kier alpha value is -2.60. The minimum Gasteiger partial charge on any atom is -0.465 e. The number of hydrogen-bond acceptors (Lipinski definition) is 3. The second kappa shape index (κ2) is 10.8. The number of nitrogens with zero attached hydrogens (tertiary/aromatic N) is 2. The zero-order valence-corrected chi connectivity index (χ0v) is 20.3. The van der Waals surface area contributed by atoms with Gasteiger partial charge in [0.2, 0.25) is 5.91 Å². The first kappa shape index (κ1) is 24.5. The van der Waals surface area contributed by atoms with E-state index < -0.39 is 17.6 Å². The fourth-order valence-corrected chi connectivity index (χ4v) is 5.87.